The number of carbonyl (C=O) groups excluding carboxylic acids is 1. The topological polar surface area (TPSA) is 88.8 Å². The van der Waals surface area contributed by atoms with Crippen LogP contribution in [0.25, 0.3) is 0 Å². The summed E-state index contributed by atoms with van der Waals surface area (Å²) < 4.78 is 10.5. The van der Waals surface area contributed by atoms with Crippen LogP contribution in [-0.4, -0.2) is 36.7 Å². The summed E-state index contributed by atoms with van der Waals surface area (Å²) in [6.45, 7) is 3.95. The van der Waals surface area contributed by atoms with Gasteiger partial charge in [-0.25, -0.2) is 4.79 Å². The molecule has 0 unspecified atom stereocenters. The minimum atomic E-state index is -1.10. The molecule has 0 saturated heterocycles. The molecular weight excluding hydrogens is 286 g/mol. The number of carboxylic acids is 1. The zero-order chi connectivity index (χ0) is 16.0. The van der Waals surface area contributed by atoms with Crippen LogP contribution in [0.4, 0.5) is 0 Å². The molecule has 6 heteroatoms. The van der Waals surface area contributed by atoms with Gasteiger partial charge in [-0.1, -0.05) is 12.8 Å². The highest BCUT2D eigenvalue weighted by molar-refractivity contribution is 5.95. The van der Waals surface area contributed by atoms with Gasteiger partial charge in [-0.2, -0.15) is 0 Å². The summed E-state index contributed by atoms with van der Waals surface area (Å²) in [7, 11) is 0. The molecule has 0 bridgehead atoms. The number of hydrogen-bond donors (Lipinski definition) is 2. The molecule has 0 spiro atoms. The van der Waals surface area contributed by atoms with Gasteiger partial charge in [0.2, 0.25) is 0 Å². The van der Waals surface area contributed by atoms with Gasteiger partial charge in [0.1, 0.15) is 6.26 Å². The summed E-state index contributed by atoms with van der Waals surface area (Å²) in [6.07, 6.45) is 6.52. The third-order valence-corrected chi connectivity index (χ3v) is 4.34. The van der Waals surface area contributed by atoms with E-state index in [1.54, 1.807) is 0 Å². The van der Waals surface area contributed by atoms with Gasteiger partial charge in [0.05, 0.1) is 5.56 Å². The monoisotopic (exact) mass is 309 g/mol. The fourth-order valence-electron chi connectivity index (χ4n) is 3.00. The van der Waals surface area contributed by atoms with Crippen LogP contribution in [0.3, 0.4) is 0 Å². The Hall–Kier alpha value is -1.82. The predicted octanol–water partition coefficient (Wildman–Crippen LogP) is 2.69. The molecule has 0 radical (unpaired) electrons. The van der Waals surface area contributed by atoms with Crippen molar-refractivity contribution < 1.29 is 23.8 Å². The fourth-order valence-corrected chi connectivity index (χ4v) is 3.00. The molecule has 1 saturated carbocycles. The van der Waals surface area contributed by atoms with Crippen LogP contribution in [0.1, 0.15) is 59.9 Å². The summed E-state index contributed by atoms with van der Waals surface area (Å²) in [5, 5.41) is 11.7. The van der Waals surface area contributed by atoms with E-state index in [1.807, 2.05) is 6.92 Å². The van der Waals surface area contributed by atoms with E-state index in [4.69, 9.17) is 14.3 Å². The van der Waals surface area contributed by atoms with Crippen molar-refractivity contribution in [3.63, 3.8) is 0 Å². The van der Waals surface area contributed by atoms with Gasteiger partial charge in [0.15, 0.2) is 5.76 Å². The minimum Gasteiger partial charge on any atom is -0.478 e. The van der Waals surface area contributed by atoms with Crippen LogP contribution in [0, 0.1) is 5.41 Å². The third kappa shape index (κ3) is 4.10. The first kappa shape index (κ1) is 16.5. The number of rotatable bonds is 8. The first-order valence-corrected chi connectivity index (χ1v) is 7.74. The number of ether oxygens (including phenoxy) is 1. The SMILES string of the molecule is CCOCCC1(CNC(=O)c2cc(C(=O)O)co2)CCCC1. The fraction of sp³-hybridized carbons (Fsp3) is 0.625. The maximum Gasteiger partial charge on any atom is 0.338 e. The van der Waals surface area contributed by atoms with Crippen molar-refractivity contribution in [3.8, 4) is 0 Å². The number of aromatic carboxylic acids is 1. The van der Waals surface area contributed by atoms with Crippen LogP contribution >= 0.6 is 0 Å². The van der Waals surface area contributed by atoms with Crippen LogP contribution in [0.15, 0.2) is 16.7 Å². The average molecular weight is 309 g/mol. The van der Waals surface area contributed by atoms with Crippen molar-refractivity contribution in [3.05, 3.63) is 23.7 Å². The Morgan fingerprint density at radius 2 is 2.14 bits per heavy atom. The smallest absolute Gasteiger partial charge is 0.338 e. The van der Waals surface area contributed by atoms with Gasteiger partial charge in [0, 0.05) is 25.8 Å². The van der Waals surface area contributed by atoms with E-state index in [0.29, 0.717) is 19.8 Å². The Bertz CT molecular complexity index is 516. The molecule has 0 aliphatic heterocycles. The number of carboxylic acid groups (broad SMARTS) is 1. The molecule has 1 aromatic heterocycles. The molecular formula is C16H23NO5. The lowest BCUT2D eigenvalue weighted by Crippen LogP contribution is -2.36. The van der Waals surface area contributed by atoms with Crippen molar-refractivity contribution in [2.24, 2.45) is 5.41 Å². The van der Waals surface area contributed by atoms with Crippen molar-refractivity contribution in [2.75, 3.05) is 19.8 Å². The molecule has 6 nitrogen and oxygen atoms in total. The molecule has 1 fully saturated rings. The molecule has 2 rings (SSSR count). The number of carbonyl (C=O) groups is 2. The van der Waals surface area contributed by atoms with E-state index in [1.165, 1.54) is 18.9 Å². The van der Waals surface area contributed by atoms with Gasteiger partial charge >= 0.3 is 5.97 Å². The van der Waals surface area contributed by atoms with Crippen LogP contribution in [0.5, 0.6) is 0 Å². The summed E-state index contributed by atoms with van der Waals surface area (Å²) in [5.41, 5.74) is 0.0737. The standard InChI is InChI=1S/C16H23NO5/c1-2-21-8-7-16(5-3-4-6-16)11-17-14(18)13-9-12(10-22-13)15(19)20/h9-10H,2-8,11H2,1H3,(H,17,18)(H,19,20). The van der Waals surface area contributed by atoms with Crippen molar-refractivity contribution in [1.82, 2.24) is 5.32 Å². The summed E-state index contributed by atoms with van der Waals surface area (Å²) >= 11 is 0. The van der Waals surface area contributed by atoms with Gasteiger partial charge in [-0.3, -0.25) is 4.79 Å². The minimum absolute atomic E-state index is 0.0166. The number of hydrogen-bond acceptors (Lipinski definition) is 4. The Morgan fingerprint density at radius 1 is 1.41 bits per heavy atom. The molecule has 22 heavy (non-hydrogen) atoms. The molecule has 1 aliphatic rings. The van der Waals surface area contributed by atoms with E-state index in [0.717, 1.165) is 25.5 Å². The maximum atomic E-state index is 12.1. The quantitative estimate of drug-likeness (QED) is 0.721. The van der Waals surface area contributed by atoms with Crippen molar-refractivity contribution in [1.29, 1.82) is 0 Å². The predicted molar refractivity (Wildman–Crippen MR) is 80.0 cm³/mol. The lowest BCUT2D eigenvalue weighted by Gasteiger charge is -2.29. The molecule has 0 aromatic carbocycles. The Labute approximate surface area is 129 Å². The lowest BCUT2D eigenvalue weighted by molar-refractivity contribution is 0.0695. The highest BCUT2D eigenvalue weighted by Crippen LogP contribution is 2.40. The highest BCUT2D eigenvalue weighted by atomic mass is 16.5. The number of furan rings is 1. The zero-order valence-corrected chi connectivity index (χ0v) is 12.9. The Morgan fingerprint density at radius 3 is 2.73 bits per heavy atom. The van der Waals surface area contributed by atoms with Gasteiger partial charge in [-0.05, 0) is 31.6 Å². The summed E-state index contributed by atoms with van der Waals surface area (Å²) in [4.78, 5) is 22.9. The third-order valence-electron chi connectivity index (χ3n) is 4.34. The van der Waals surface area contributed by atoms with E-state index >= 15 is 0 Å². The van der Waals surface area contributed by atoms with Crippen LogP contribution in [-0.2, 0) is 4.74 Å². The van der Waals surface area contributed by atoms with E-state index < -0.39 is 5.97 Å². The summed E-state index contributed by atoms with van der Waals surface area (Å²) in [6, 6.07) is 1.25. The second-order valence-corrected chi connectivity index (χ2v) is 5.84. The van der Waals surface area contributed by atoms with Crippen molar-refractivity contribution >= 4 is 11.9 Å². The zero-order valence-electron chi connectivity index (χ0n) is 12.9. The first-order valence-electron chi connectivity index (χ1n) is 7.74. The highest BCUT2D eigenvalue weighted by Gasteiger charge is 2.34. The number of amides is 1. The molecule has 1 aromatic rings. The second-order valence-electron chi connectivity index (χ2n) is 5.84. The maximum absolute atomic E-state index is 12.1. The van der Waals surface area contributed by atoms with E-state index in [-0.39, 0.29) is 22.6 Å². The molecule has 1 heterocycles. The van der Waals surface area contributed by atoms with Crippen LogP contribution in [0.2, 0.25) is 0 Å². The largest absolute Gasteiger partial charge is 0.478 e. The Kier molecular flexibility index (Phi) is 5.60. The van der Waals surface area contributed by atoms with Crippen LogP contribution < -0.4 is 5.32 Å². The van der Waals surface area contributed by atoms with Gasteiger partial charge in [-0.15, -0.1) is 0 Å². The second kappa shape index (κ2) is 7.45. The van der Waals surface area contributed by atoms with Gasteiger partial charge < -0.3 is 19.6 Å². The van der Waals surface area contributed by atoms with E-state index in [2.05, 4.69) is 5.32 Å². The molecule has 2 N–H and O–H groups in total. The van der Waals surface area contributed by atoms with E-state index in [9.17, 15) is 9.59 Å². The molecule has 0 atom stereocenters. The molecule has 1 aliphatic carbocycles. The normalized spacial score (nSPS) is 16.6. The molecule has 122 valence electrons. The number of nitrogens with one attached hydrogen (secondary N) is 1. The first-order chi connectivity index (χ1) is 10.6. The Balaban J connectivity index is 1.90. The average Bonchev–Trinajstić information content (AvgIpc) is 3.15. The van der Waals surface area contributed by atoms with Gasteiger partial charge in [0.25, 0.3) is 5.91 Å². The van der Waals surface area contributed by atoms with Crippen molar-refractivity contribution in [2.45, 2.75) is 39.0 Å². The lowest BCUT2D eigenvalue weighted by atomic mass is 9.83. The summed E-state index contributed by atoms with van der Waals surface area (Å²) in [5.74, 6) is -1.43. The molecule has 1 amide bonds.